The Hall–Kier alpha value is -1.64. The van der Waals surface area contributed by atoms with Crippen LogP contribution in [0.15, 0.2) is 36.0 Å². The zero-order valence-electron chi connectivity index (χ0n) is 14.5. The molecule has 0 radical (unpaired) electrons. The third kappa shape index (κ3) is 3.06. The molecule has 0 aromatic carbocycles. The van der Waals surface area contributed by atoms with E-state index in [9.17, 15) is 14.7 Å². The van der Waals surface area contributed by atoms with Crippen molar-refractivity contribution in [1.29, 1.82) is 0 Å². The number of carboxylic acids is 1. The van der Waals surface area contributed by atoms with Crippen LogP contribution in [0.4, 0.5) is 0 Å². The van der Waals surface area contributed by atoms with Gasteiger partial charge in [0.15, 0.2) is 0 Å². The Labute approximate surface area is 139 Å². The first-order valence-corrected chi connectivity index (χ1v) is 8.47. The van der Waals surface area contributed by atoms with Crippen LogP contribution in [-0.4, -0.2) is 17.4 Å². The lowest BCUT2D eigenvalue weighted by atomic mass is 9.47. The molecule has 0 aromatic rings. The summed E-state index contributed by atoms with van der Waals surface area (Å²) < 4.78 is 0. The Morgan fingerprint density at radius 2 is 2.04 bits per heavy atom. The van der Waals surface area contributed by atoms with Gasteiger partial charge in [0.2, 0.25) is 0 Å². The van der Waals surface area contributed by atoms with Gasteiger partial charge in [0, 0.05) is 5.92 Å². The Balaban J connectivity index is 2.39. The first-order valence-electron chi connectivity index (χ1n) is 8.47. The molecule has 0 aromatic heterocycles. The highest BCUT2D eigenvalue weighted by atomic mass is 16.4. The maximum absolute atomic E-state index is 11.9. The molecule has 1 N–H and O–H groups in total. The average molecular weight is 316 g/mol. The minimum absolute atomic E-state index is 0.0708. The van der Waals surface area contributed by atoms with Crippen molar-refractivity contribution in [2.45, 2.75) is 52.9 Å². The summed E-state index contributed by atoms with van der Waals surface area (Å²) in [6.45, 7) is 10.3. The summed E-state index contributed by atoms with van der Waals surface area (Å²) in [5.74, 6) is -0.326. The largest absolute Gasteiger partial charge is 0.481 e. The number of hydrogen-bond donors (Lipinski definition) is 1. The molecular weight excluding hydrogens is 288 g/mol. The second-order valence-electron chi connectivity index (χ2n) is 7.72. The highest BCUT2D eigenvalue weighted by Crippen LogP contribution is 2.61. The van der Waals surface area contributed by atoms with E-state index in [0.717, 1.165) is 44.0 Å². The molecule has 0 bridgehead atoms. The summed E-state index contributed by atoms with van der Waals surface area (Å²) in [5.41, 5.74) is 1.38. The lowest BCUT2D eigenvalue weighted by molar-refractivity contribution is -0.162. The molecule has 0 heterocycles. The summed E-state index contributed by atoms with van der Waals surface area (Å²) in [6, 6.07) is 0. The van der Waals surface area contributed by atoms with E-state index in [1.165, 1.54) is 5.57 Å². The number of carbonyl (C=O) groups is 2. The Morgan fingerprint density at radius 3 is 2.65 bits per heavy atom. The number of fused-ring (bicyclic) bond motifs is 1. The van der Waals surface area contributed by atoms with E-state index in [4.69, 9.17) is 0 Å². The molecular formula is C20H28O3. The molecule has 0 amide bonds. The zero-order valence-corrected chi connectivity index (χ0v) is 14.5. The molecule has 0 spiro atoms. The molecule has 2 unspecified atom stereocenters. The van der Waals surface area contributed by atoms with Gasteiger partial charge in [-0.2, -0.15) is 0 Å². The Kier molecular flexibility index (Phi) is 4.98. The smallest absolute Gasteiger partial charge is 0.309 e. The van der Waals surface area contributed by atoms with Gasteiger partial charge in [-0.1, -0.05) is 37.6 Å². The standard InChI is InChI=1S/C20H28O3/c1-14(10-13-21)6-8-16-15(2)7-9-17-19(16,3)11-5-12-20(17,4)18(22)23/h6,8,10,13,16-17H,2,5,7,9,11-12H2,1,3-4H3,(H,22,23)/b8-6-,14-10+/t16?,17?,19-,20+/m1/s1. The SMILES string of the molecule is C=C1CCC2[C@](C)(CCC[C@]2(C)C(=O)O)C1/C=C\C(C)=C\C=O. The predicted octanol–water partition coefficient (Wildman–Crippen LogP) is 4.55. The predicted molar refractivity (Wildman–Crippen MR) is 92.0 cm³/mol. The molecule has 0 saturated heterocycles. The van der Waals surface area contributed by atoms with Gasteiger partial charge in [-0.15, -0.1) is 0 Å². The number of hydrogen-bond acceptors (Lipinski definition) is 2. The van der Waals surface area contributed by atoms with E-state index in [-0.39, 0.29) is 17.3 Å². The van der Waals surface area contributed by atoms with Crippen molar-refractivity contribution in [3.05, 3.63) is 36.0 Å². The van der Waals surface area contributed by atoms with E-state index >= 15 is 0 Å². The quantitative estimate of drug-likeness (QED) is 0.358. The summed E-state index contributed by atoms with van der Waals surface area (Å²) in [7, 11) is 0. The summed E-state index contributed by atoms with van der Waals surface area (Å²) in [4.78, 5) is 22.5. The van der Waals surface area contributed by atoms with Crippen LogP contribution in [0, 0.1) is 22.7 Å². The zero-order chi connectivity index (χ0) is 17.3. The Bertz CT molecular complexity index is 571. The van der Waals surface area contributed by atoms with Gasteiger partial charge in [-0.25, -0.2) is 0 Å². The van der Waals surface area contributed by atoms with Crippen LogP contribution >= 0.6 is 0 Å². The van der Waals surface area contributed by atoms with E-state index in [1.54, 1.807) is 6.08 Å². The molecule has 2 rings (SSSR count). The minimum atomic E-state index is -0.666. The van der Waals surface area contributed by atoms with Crippen LogP contribution in [0.3, 0.4) is 0 Å². The molecule has 23 heavy (non-hydrogen) atoms. The van der Waals surface area contributed by atoms with E-state index < -0.39 is 11.4 Å². The minimum Gasteiger partial charge on any atom is -0.481 e. The number of allylic oxidation sites excluding steroid dienone is 5. The van der Waals surface area contributed by atoms with Crippen LogP contribution in [0.2, 0.25) is 0 Å². The van der Waals surface area contributed by atoms with Gasteiger partial charge in [-0.3, -0.25) is 9.59 Å². The van der Waals surface area contributed by atoms with Crippen molar-refractivity contribution >= 4 is 12.3 Å². The van der Waals surface area contributed by atoms with Crippen LogP contribution in [0.1, 0.15) is 52.9 Å². The van der Waals surface area contributed by atoms with Gasteiger partial charge >= 0.3 is 5.97 Å². The molecule has 3 nitrogen and oxygen atoms in total. The van der Waals surface area contributed by atoms with Crippen molar-refractivity contribution in [2.75, 3.05) is 0 Å². The van der Waals surface area contributed by atoms with Crippen molar-refractivity contribution in [2.24, 2.45) is 22.7 Å². The first-order chi connectivity index (χ1) is 10.8. The second kappa shape index (κ2) is 6.46. The third-order valence-electron chi connectivity index (χ3n) is 6.25. The fourth-order valence-electron chi connectivity index (χ4n) is 4.91. The third-order valence-corrected chi connectivity index (χ3v) is 6.25. The average Bonchev–Trinajstić information content (AvgIpc) is 2.46. The fourth-order valence-corrected chi connectivity index (χ4v) is 4.91. The Morgan fingerprint density at radius 1 is 1.35 bits per heavy atom. The molecule has 2 aliphatic rings. The van der Waals surface area contributed by atoms with E-state index in [1.807, 2.05) is 19.9 Å². The van der Waals surface area contributed by atoms with Crippen LogP contribution in [0.25, 0.3) is 0 Å². The monoisotopic (exact) mass is 316 g/mol. The molecule has 2 fully saturated rings. The van der Waals surface area contributed by atoms with Crippen molar-refractivity contribution in [3.63, 3.8) is 0 Å². The first kappa shape index (κ1) is 17.7. The topological polar surface area (TPSA) is 54.4 Å². The number of aliphatic carboxylic acids is 1. The highest BCUT2D eigenvalue weighted by Gasteiger charge is 2.56. The van der Waals surface area contributed by atoms with Crippen molar-refractivity contribution in [3.8, 4) is 0 Å². The van der Waals surface area contributed by atoms with Gasteiger partial charge in [-0.05, 0) is 62.5 Å². The summed E-state index contributed by atoms with van der Waals surface area (Å²) in [5, 5.41) is 9.80. The number of rotatable bonds is 4. The molecule has 3 heteroatoms. The molecule has 0 aliphatic heterocycles. The van der Waals surface area contributed by atoms with Crippen LogP contribution < -0.4 is 0 Å². The van der Waals surface area contributed by atoms with E-state index in [2.05, 4.69) is 19.6 Å². The molecule has 4 atom stereocenters. The molecule has 2 aliphatic carbocycles. The molecule has 2 saturated carbocycles. The maximum Gasteiger partial charge on any atom is 0.309 e. The van der Waals surface area contributed by atoms with Crippen LogP contribution in [-0.2, 0) is 9.59 Å². The highest BCUT2D eigenvalue weighted by molar-refractivity contribution is 5.75. The van der Waals surface area contributed by atoms with E-state index in [0.29, 0.717) is 0 Å². The summed E-state index contributed by atoms with van der Waals surface area (Å²) in [6.07, 6.45) is 11.0. The lowest BCUT2D eigenvalue weighted by Crippen LogP contribution is -2.53. The summed E-state index contributed by atoms with van der Waals surface area (Å²) >= 11 is 0. The normalized spacial score (nSPS) is 38.4. The molecule has 126 valence electrons. The number of carbonyl (C=O) groups excluding carboxylic acids is 1. The lowest BCUT2D eigenvalue weighted by Gasteiger charge is -2.56. The fraction of sp³-hybridized carbons (Fsp3) is 0.600. The van der Waals surface area contributed by atoms with Crippen molar-refractivity contribution in [1.82, 2.24) is 0 Å². The second-order valence-corrected chi connectivity index (χ2v) is 7.72. The number of carboxylic acid groups (broad SMARTS) is 1. The van der Waals surface area contributed by atoms with Crippen molar-refractivity contribution < 1.29 is 14.7 Å². The van der Waals surface area contributed by atoms with Gasteiger partial charge < -0.3 is 5.11 Å². The van der Waals surface area contributed by atoms with Gasteiger partial charge in [0.1, 0.15) is 6.29 Å². The number of aldehydes is 1. The van der Waals surface area contributed by atoms with Gasteiger partial charge in [0.05, 0.1) is 5.41 Å². The van der Waals surface area contributed by atoms with Crippen LogP contribution in [0.5, 0.6) is 0 Å². The van der Waals surface area contributed by atoms with Gasteiger partial charge in [0.25, 0.3) is 0 Å². The maximum atomic E-state index is 11.9.